The maximum atomic E-state index is 11.3. The molecule has 1 heterocycles. The number of carbonyl (C=O) groups is 1. The first-order valence-electron chi connectivity index (χ1n) is 6.03. The van der Waals surface area contributed by atoms with Gasteiger partial charge >= 0.3 is 5.97 Å². The van der Waals surface area contributed by atoms with E-state index in [0.717, 1.165) is 18.1 Å². The van der Waals surface area contributed by atoms with E-state index in [-0.39, 0.29) is 5.97 Å². The molecule has 0 aliphatic rings. The first-order valence-corrected chi connectivity index (χ1v) is 6.03. The third-order valence-corrected chi connectivity index (χ3v) is 2.78. The predicted molar refractivity (Wildman–Crippen MR) is 70.8 cm³/mol. The molecule has 0 spiro atoms. The number of nitrogens with one attached hydrogen (secondary N) is 1. The van der Waals surface area contributed by atoms with Crippen molar-refractivity contribution in [1.29, 1.82) is 0 Å². The van der Waals surface area contributed by atoms with Gasteiger partial charge in [-0.05, 0) is 24.6 Å². The number of anilines is 1. The van der Waals surface area contributed by atoms with Gasteiger partial charge in [-0.2, -0.15) is 0 Å². The lowest BCUT2D eigenvalue weighted by atomic mass is 10.1. The van der Waals surface area contributed by atoms with Gasteiger partial charge in [0.2, 0.25) is 5.95 Å². The van der Waals surface area contributed by atoms with Gasteiger partial charge in [0.05, 0.1) is 12.7 Å². The molecule has 0 saturated carbocycles. The molecule has 19 heavy (non-hydrogen) atoms. The highest BCUT2D eigenvalue weighted by Gasteiger charge is 2.05. The topological polar surface area (TPSA) is 69.0 Å². The molecule has 2 rings (SSSR count). The number of hydrogen-bond donors (Lipinski definition) is 1. The summed E-state index contributed by atoms with van der Waals surface area (Å²) >= 11 is 0. The zero-order valence-electron chi connectivity index (χ0n) is 11.0. The average molecular weight is 260 g/mol. The fourth-order valence-electron chi connectivity index (χ4n) is 1.68. The maximum absolute atomic E-state index is 11.3. The van der Waals surface area contributed by atoms with Crippen molar-refractivity contribution in [3.63, 3.8) is 0 Å². The maximum Gasteiger partial charge on any atom is 0.337 e. The summed E-state index contributed by atoms with van der Waals surface area (Å²) in [4.78, 5) is 11.3. The molecule has 100 valence electrons. The molecule has 0 unspecified atom stereocenters. The number of nitrogens with zero attached hydrogens (tertiary/aromatic N) is 3. The molecule has 6 nitrogen and oxygen atoms in total. The average Bonchev–Trinajstić information content (AvgIpc) is 2.92. The van der Waals surface area contributed by atoms with Crippen LogP contribution in [0.1, 0.15) is 22.8 Å². The summed E-state index contributed by atoms with van der Waals surface area (Å²) in [6.45, 7) is 3.47. The number of hydrogen-bond acceptors (Lipinski definition) is 5. The zero-order chi connectivity index (χ0) is 13.7. The molecule has 1 aromatic carbocycles. The van der Waals surface area contributed by atoms with Crippen molar-refractivity contribution in [1.82, 2.24) is 14.8 Å². The van der Waals surface area contributed by atoms with E-state index in [9.17, 15) is 4.79 Å². The molecule has 2 aromatic rings. The second-order valence-electron chi connectivity index (χ2n) is 3.98. The van der Waals surface area contributed by atoms with Crippen LogP contribution in [0.15, 0.2) is 30.6 Å². The van der Waals surface area contributed by atoms with E-state index in [4.69, 9.17) is 0 Å². The minimum Gasteiger partial charge on any atom is -0.465 e. The molecule has 0 radical (unpaired) electrons. The van der Waals surface area contributed by atoms with Crippen LogP contribution in [0.4, 0.5) is 5.95 Å². The number of carbonyl (C=O) groups excluding carboxylic acids is 1. The Balaban J connectivity index is 1.98. The van der Waals surface area contributed by atoms with Gasteiger partial charge in [0, 0.05) is 13.1 Å². The zero-order valence-corrected chi connectivity index (χ0v) is 11.0. The lowest BCUT2D eigenvalue weighted by Crippen LogP contribution is -2.07. The van der Waals surface area contributed by atoms with Gasteiger partial charge in [0.25, 0.3) is 0 Å². The summed E-state index contributed by atoms with van der Waals surface area (Å²) in [5, 5.41) is 11.0. The van der Waals surface area contributed by atoms with Crippen LogP contribution in [0.2, 0.25) is 0 Å². The number of aryl methyl sites for hydroxylation is 1. The molecule has 0 bridgehead atoms. The van der Waals surface area contributed by atoms with Crippen molar-refractivity contribution >= 4 is 11.9 Å². The van der Waals surface area contributed by atoms with E-state index >= 15 is 0 Å². The number of esters is 1. The van der Waals surface area contributed by atoms with Crippen LogP contribution in [0.5, 0.6) is 0 Å². The fraction of sp³-hybridized carbons (Fsp3) is 0.308. The molecule has 6 heteroatoms. The van der Waals surface area contributed by atoms with E-state index < -0.39 is 0 Å². The summed E-state index contributed by atoms with van der Waals surface area (Å²) in [6.07, 6.45) is 1.68. The van der Waals surface area contributed by atoms with Crippen molar-refractivity contribution in [3.05, 3.63) is 41.7 Å². The van der Waals surface area contributed by atoms with E-state index in [1.54, 1.807) is 18.5 Å². The van der Waals surface area contributed by atoms with Gasteiger partial charge < -0.3 is 14.6 Å². The molecule has 0 fully saturated rings. The van der Waals surface area contributed by atoms with Crippen LogP contribution in [0, 0.1) is 0 Å². The number of aromatic nitrogens is 3. The van der Waals surface area contributed by atoms with Crippen LogP contribution < -0.4 is 5.32 Å². The van der Waals surface area contributed by atoms with Crippen LogP contribution in [-0.2, 0) is 17.8 Å². The molecule has 1 N–H and O–H groups in total. The molecule has 0 aliphatic heterocycles. The molecule has 0 amide bonds. The summed E-state index contributed by atoms with van der Waals surface area (Å²) < 4.78 is 6.57. The van der Waals surface area contributed by atoms with E-state index in [0.29, 0.717) is 12.1 Å². The van der Waals surface area contributed by atoms with E-state index in [1.165, 1.54) is 7.11 Å². The quantitative estimate of drug-likeness (QED) is 0.829. The van der Waals surface area contributed by atoms with Crippen molar-refractivity contribution in [3.8, 4) is 0 Å². The van der Waals surface area contributed by atoms with Crippen molar-refractivity contribution in [2.24, 2.45) is 0 Å². The number of rotatable bonds is 5. The van der Waals surface area contributed by atoms with Gasteiger partial charge in [-0.15, -0.1) is 10.2 Å². The van der Waals surface area contributed by atoms with Crippen LogP contribution in [0.25, 0.3) is 0 Å². The summed E-state index contributed by atoms with van der Waals surface area (Å²) in [5.41, 5.74) is 1.60. The molecule has 0 atom stereocenters. The van der Waals surface area contributed by atoms with Crippen molar-refractivity contribution < 1.29 is 9.53 Å². The monoisotopic (exact) mass is 260 g/mol. The smallest absolute Gasteiger partial charge is 0.337 e. The number of ether oxygens (including phenoxy) is 1. The lowest BCUT2D eigenvalue weighted by Gasteiger charge is -2.07. The van der Waals surface area contributed by atoms with Crippen LogP contribution in [0.3, 0.4) is 0 Å². The van der Waals surface area contributed by atoms with Gasteiger partial charge in [0.1, 0.15) is 6.33 Å². The summed E-state index contributed by atoms with van der Waals surface area (Å²) in [7, 11) is 1.37. The second kappa shape index (κ2) is 5.99. The van der Waals surface area contributed by atoms with Gasteiger partial charge in [-0.1, -0.05) is 12.1 Å². The normalized spacial score (nSPS) is 10.2. The fourth-order valence-corrected chi connectivity index (χ4v) is 1.68. The third-order valence-electron chi connectivity index (χ3n) is 2.78. The molecule has 1 aromatic heterocycles. The first-order chi connectivity index (χ1) is 9.24. The Labute approximate surface area is 111 Å². The Bertz CT molecular complexity index is 548. The standard InChI is InChI=1S/C13H16N4O2/c1-3-17-9-15-16-13(17)14-8-10-4-6-11(7-5-10)12(18)19-2/h4-7,9H,3,8H2,1-2H3,(H,14,16). The highest BCUT2D eigenvalue weighted by atomic mass is 16.5. The molecule has 0 saturated heterocycles. The summed E-state index contributed by atoms with van der Waals surface area (Å²) in [6, 6.07) is 7.25. The highest BCUT2D eigenvalue weighted by Crippen LogP contribution is 2.08. The summed E-state index contributed by atoms with van der Waals surface area (Å²) in [5.74, 6) is 0.407. The van der Waals surface area contributed by atoms with E-state index in [2.05, 4.69) is 20.3 Å². The largest absolute Gasteiger partial charge is 0.465 e. The predicted octanol–water partition coefficient (Wildman–Crippen LogP) is 1.70. The number of methoxy groups -OCH3 is 1. The van der Waals surface area contributed by atoms with Crippen LogP contribution >= 0.6 is 0 Å². The van der Waals surface area contributed by atoms with Crippen molar-refractivity contribution in [2.75, 3.05) is 12.4 Å². The Morgan fingerprint density at radius 1 is 1.37 bits per heavy atom. The molecule has 0 aliphatic carbocycles. The first kappa shape index (κ1) is 13.1. The van der Waals surface area contributed by atoms with Gasteiger partial charge in [0.15, 0.2) is 0 Å². The van der Waals surface area contributed by atoms with Gasteiger partial charge in [-0.3, -0.25) is 0 Å². The molecular weight excluding hydrogens is 244 g/mol. The Hall–Kier alpha value is -2.37. The Kier molecular flexibility index (Phi) is 4.12. The minimum absolute atomic E-state index is 0.328. The Morgan fingerprint density at radius 3 is 2.74 bits per heavy atom. The second-order valence-corrected chi connectivity index (χ2v) is 3.98. The van der Waals surface area contributed by atoms with E-state index in [1.807, 2.05) is 23.6 Å². The Morgan fingerprint density at radius 2 is 2.11 bits per heavy atom. The lowest BCUT2D eigenvalue weighted by molar-refractivity contribution is 0.0600. The van der Waals surface area contributed by atoms with Gasteiger partial charge in [-0.25, -0.2) is 4.79 Å². The van der Waals surface area contributed by atoms with Crippen LogP contribution in [-0.4, -0.2) is 27.8 Å². The third kappa shape index (κ3) is 3.09. The SMILES string of the molecule is CCn1cnnc1NCc1ccc(C(=O)OC)cc1. The minimum atomic E-state index is -0.328. The van der Waals surface area contributed by atoms with Crippen molar-refractivity contribution in [2.45, 2.75) is 20.0 Å². The molecular formula is C13H16N4O2. The highest BCUT2D eigenvalue weighted by molar-refractivity contribution is 5.89. The number of benzene rings is 1.